The summed E-state index contributed by atoms with van der Waals surface area (Å²) in [5.41, 5.74) is 1.43. The third kappa shape index (κ3) is 2.87. The van der Waals surface area contributed by atoms with Crippen LogP contribution in [0.4, 0.5) is 0 Å². The number of hydrogen-bond donors (Lipinski definition) is 1. The molecule has 1 aliphatic rings. The van der Waals surface area contributed by atoms with Gasteiger partial charge in [-0.2, -0.15) is 0 Å². The Hall–Kier alpha value is -3.15. The SMILES string of the molecule is COc1ccccc1-n1cnc2cc(C(=O)NC3CC3)ccc2c1=O. The van der Waals surface area contributed by atoms with Gasteiger partial charge in [0.05, 0.1) is 23.7 Å². The van der Waals surface area contributed by atoms with Gasteiger partial charge in [-0.3, -0.25) is 14.2 Å². The molecule has 0 aliphatic heterocycles. The fourth-order valence-electron chi connectivity index (χ4n) is 2.76. The molecule has 0 radical (unpaired) electrons. The molecule has 6 nitrogen and oxygen atoms in total. The second-order valence-electron chi connectivity index (χ2n) is 6.07. The standard InChI is InChI=1S/C19H17N3O3/c1-25-17-5-3-2-4-16(17)22-11-20-15-10-12(6-9-14(15)19(22)24)18(23)21-13-7-8-13/h2-6,9-11,13H,7-8H2,1H3,(H,21,23). The summed E-state index contributed by atoms with van der Waals surface area (Å²) >= 11 is 0. The monoisotopic (exact) mass is 335 g/mol. The van der Waals surface area contributed by atoms with Crippen molar-refractivity contribution in [2.75, 3.05) is 7.11 Å². The molecule has 0 bridgehead atoms. The predicted octanol–water partition coefficient (Wildman–Crippen LogP) is 2.29. The Bertz CT molecular complexity index is 1020. The quantitative estimate of drug-likeness (QED) is 0.794. The highest BCUT2D eigenvalue weighted by Gasteiger charge is 2.24. The van der Waals surface area contributed by atoms with Crippen LogP contribution in [-0.2, 0) is 0 Å². The number of aromatic nitrogens is 2. The highest BCUT2D eigenvalue weighted by molar-refractivity contribution is 5.97. The summed E-state index contributed by atoms with van der Waals surface area (Å²) < 4.78 is 6.77. The molecule has 2 aromatic carbocycles. The van der Waals surface area contributed by atoms with Crippen molar-refractivity contribution in [3.05, 3.63) is 64.7 Å². The zero-order valence-electron chi connectivity index (χ0n) is 13.7. The van der Waals surface area contributed by atoms with Gasteiger partial charge in [0.15, 0.2) is 0 Å². The summed E-state index contributed by atoms with van der Waals surface area (Å²) in [5, 5.41) is 3.39. The van der Waals surface area contributed by atoms with Crippen LogP contribution in [0, 0.1) is 0 Å². The number of hydrogen-bond acceptors (Lipinski definition) is 4. The maximum absolute atomic E-state index is 12.8. The van der Waals surface area contributed by atoms with E-state index in [-0.39, 0.29) is 17.5 Å². The van der Waals surface area contributed by atoms with Crippen LogP contribution in [0.3, 0.4) is 0 Å². The first kappa shape index (κ1) is 15.4. The number of rotatable bonds is 4. The van der Waals surface area contributed by atoms with Gasteiger partial charge >= 0.3 is 0 Å². The molecule has 126 valence electrons. The van der Waals surface area contributed by atoms with E-state index in [1.165, 1.54) is 10.9 Å². The number of amides is 1. The van der Waals surface area contributed by atoms with Gasteiger partial charge in [0, 0.05) is 11.6 Å². The zero-order chi connectivity index (χ0) is 17.4. The Morgan fingerprint density at radius 2 is 2.04 bits per heavy atom. The number of fused-ring (bicyclic) bond motifs is 1. The first-order chi connectivity index (χ1) is 12.2. The van der Waals surface area contributed by atoms with Crippen LogP contribution in [0.5, 0.6) is 5.75 Å². The minimum atomic E-state index is -0.205. The minimum Gasteiger partial charge on any atom is -0.495 e. The molecule has 0 unspecified atom stereocenters. The number of carbonyl (C=O) groups excluding carboxylic acids is 1. The van der Waals surface area contributed by atoms with Crippen LogP contribution in [-0.4, -0.2) is 28.6 Å². The lowest BCUT2D eigenvalue weighted by molar-refractivity contribution is 0.0951. The maximum Gasteiger partial charge on any atom is 0.265 e. The molecule has 1 aromatic heterocycles. The smallest absolute Gasteiger partial charge is 0.265 e. The summed E-state index contributed by atoms with van der Waals surface area (Å²) in [5.74, 6) is 0.464. The van der Waals surface area contributed by atoms with Crippen molar-refractivity contribution in [3.8, 4) is 11.4 Å². The summed E-state index contributed by atoms with van der Waals surface area (Å²) in [6.07, 6.45) is 3.52. The Morgan fingerprint density at radius 1 is 1.24 bits per heavy atom. The van der Waals surface area contributed by atoms with Gasteiger partial charge in [-0.1, -0.05) is 12.1 Å². The molecule has 0 atom stereocenters. The van der Waals surface area contributed by atoms with Crippen molar-refractivity contribution in [3.63, 3.8) is 0 Å². The third-order valence-electron chi connectivity index (χ3n) is 4.28. The predicted molar refractivity (Wildman–Crippen MR) is 94.4 cm³/mol. The van der Waals surface area contributed by atoms with Crippen molar-refractivity contribution in [2.45, 2.75) is 18.9 Å². The van der Waals surface area contributed by atoms with E-state index in [9.17, 15) is 9.59 Å². The van der Waals surface area contributed by atoms with Gasteiger partial charge in [0.25, 0.3) is 11.5 Å². The van der Waals surface area contributed by atoms with E-state index in [1.54, 1.807) is 37.4 Å². The molecular weight excluding hydrogens is 318 g/mol. The maximum atomic E-state index is 12.8. The summed E-state index contributed by atoms with van der Waals surface area (Å²) in [6, 6.07) is 12.5. The van der Waals surface area contributed by atoms with E-state index in [2.05, 4.69) is 10.3 Å². The van der Waals surface area contributed by atoms with E-state index in [0.717, 1.165) is 12.8 Å². The van der Waals surface area contributed by atoms with Crippen molar-refractivity contribution < 1.29 is 9.53 Å². The lowest BCUT2D eigenvalue weighted by Crippen LogP contribution is -2.25. The molecule has 25 heavy (non-hydrogen) atoms. The van der Waals surface area contributed by atoms with Crippen LogP contribution >= 0.6 is 0 Å². The van der Waals surface area contributed by atoms with Gasteiger partial charge in [0.1, 0.15) is 12.1 Å². The fourth-order valence-corrected chi connectivity index (χ4v) is 2.76. The number of methoxy groups -OCH3 is 1. The van der Waals surface area contributed by atoms with Crippen LogP contribution in [0.2, 0.25) is 0 Å². The highest BCUT2D eigenvalue weighted by atomic mass is 16.5. The molecule has 1 saturated carbocycles. The number of para-hydroxylation sites is 2. The molecule has 1 heterocycles. The average Bonchev–Trinajstić information content (AvgIpc) is 3.46. The van der Waals surface area contributed by atoms with Gasteiger partial charge in [-0.15, -0.1) is 0 Å². The lowest BCUT2D eigenvalue weighted by Gasteiger charge is -2.11. The van der Waals surface area contributed by atoms with Crippen molar-refractivity contribution in [1.82, 2.24) is 14.9 Å². The van der Waals surface area contributed by atoms with Gasteiger partial charge < -0.3 is 10.1 Å². The largest absolute Gasteiger partial charge is 0.495 e. The number of carbonyl (C=O) groups is 1. The minimum absolute atomic E-state index is 0.125. The molecule has 1 N–H and O–H groups in total. The molecule has 1 aliphatic carbocycles. The molecule has 0 spiro atoms. The average molecular weight is 335 g/mol. The Morgan fingerprint density at radius 3 is 2.80 bits per heavy atom. The van der Waals surface area contributed by atoms with E-state index in [1.807, 2.05) is 12.1 Å². The Labute approximate surface area is 144 Å². The Kier molecular flexibility index (Phi) is 3.72. The molecule has 4 rings (SSSR count). The summed E-state index contributed by atoms with van der Waals surface area (Å²) in [4.78, 5) is 29.3. The Balaban J connectivity index is 1.78. The zero-order valence-corrected chi connectivity index (χ0v) is 13.7. The molecule has 6 heteroatoms. The van der Waals surface area contributed by atoms with E-state index in [4.69, 9.17) is 4.74 Å². The molecule has 0 saturated heterocycles. The second kappa shape index (κ2) is 6.05. The highest BCUT2D eigenvalue weighted by Crippen LogP contribution is 2.22. The molecule has 3 aromatic rings. The summed E-state index contributed by atoms with van der Waals surface area (Å²) in [7, 11) is 1.56. The van der Waals surface area contributed by atoms with Gasteiger partial charge in [-0.25, -0.2) is 4.98 Å². The number of ether oxygens (including phenoxy) is 1. The number of nitrogens with one attached hydrogen (secondary N) is 1. The normalized spacial score (nSPS) is 13.6. The van der Waals surface area contributed by atoms with E-state index >= 15 is 0 Å². The van der Waals surface area contributed by atoms with Gasteiger partial charge in [0.2, 0.25) is 0 Å². The number of nitrogens with zero attached hydrogens (tertiary/aromatic N) is 2. The fraction of sp³-hybridized carbons (Fsp3) is 0.211. The molecular formula is C19H17N3O3. The summed E-state index contributed by atoms with van der Waals surface area (Å²) in [6.45, 7) is 0. The van der Waals surface area contributed by atoms with Crippen LogP contribution in [0.25, 0.3) is 16.6 Å². The van der Waals surface area contributed by atoms with Gasteiger partial charge in [-0.05, 0) is 43.2 Å². The third-order valence-corrected chi connectivity index (χ3v) is 4.28. The first-order valence-electron chi connectivity index (χ1n) is 8.13. The van der Waals surface area contributed by atoms with Crippen molar-refractivity contribution in [1.29, 1.82) is 0 Å². The van der Waals surface area contributed by atoms with E-state index in [0.29, 0.717) is 27.9 Å². The van der Waals surface area contributed by atoms with Crippen molar-refractivity contribution in [2.24, 2.45) is 0 Å². The van der Waals surface area contributed by atoms with Crippen LogP contribution in [0.1, 0.15) is 23.2 Å². The topological polar surface area (TPSA) is 73.2 Å². The van der Waals surface area contributed by atoms with E-state index < -0.39 is 0 Å². The number of benzene rings is 2. The van der Waals surface area contributed by atoms with Crippen LogP contribution < -0.4 is 15.6 Å². The molecule has 1 amide bonds. The van der Waals surface area contributed by atoms with Crippen molar-refractivity contribution >= 4 is 16.8 Å². The van der Waals surface area contributed by atoms with Crippen LogP contribution in [0.15, 0.2) is 53.6 Å². The second-order valence-corrected chi connectivity index (χ2v) is 6.07. The molecule has 1 fully saturated rings. The lowest BCUT2D eigenvalue weighted by atomic mass is 10.1. The first-order valence-corrected chi connectivity index (χ1v) is 8.13.